The monoisotopic (exact) mass is 467 g/mol. The molecular weight excluding hydrogens is 438 g/mol. The third-order valence-corrected chi connectivity index (χ3v) is 8.00. The van der Waals surface area contributed by atoms with Crippen LogP contribution in [0.3, 0.4) is 0 Å². The third-order valence-electron chi connectivity index (χ3n) is 8.00. The topological polar surface area (TPSA) is 94.1 Å². The zero-order valence-electron chi connectivity index (χ0n) is 19.5. The number of nitrogens with one attached hydrogen (secondary N) is 1. The number of fused-ring (bicyclic) bond motifs is 2. The molecule has 2 atom stereocenters. The average Bonchev–Trinajstić information content (AvgIpc) is 3.51. The van der Waals surface area contributed by atoms with Gasteiger partial charge in [-0.15, -0.1) is 0 Å². The normalized spacial score (nSPS) is 24.5. The van der Waals surface area contributed by atoms with Crippen molar-refractivity contribution in [3.63, 3.8) is 0 Å². The largest absolute Gasteiger partial charge is 0.457 e. The first-order chi connectivity index (χ1) is 17.2. The molecule has 2 aliphatic heterocycles. The molecule has 2 saturated heterocycles. The summed E-state index contributed by atoms with van der Waals surface area (Å²) in [5.41, 5.74) is 9.02. The molecule has 3 N–H and O–H groups in total. The summed E-state index contributed by atoms with van der Waals surface area (Å²) in [5, 5.41) is 9.34. The van der Waals surface area contributed by atoms with Gasteiger partial charge in [-0.2, -0.15) is 5.10 Å². The number of hydrogen-bond acceptors (Lipinski definition) is 7. The van der Waals surface area contributed by atoms with E-state index < -0.39 is 0 Å². The fourth-order valence-electron chi connectivity index (χ4n) is 6.09. The fraction of sp³-hybridized carbons (Fsp3) is 0.370. The van der Waals surface area contributed by atoms with Gasteiger partial charge in [0.15, 0.2) is 5.65 Å². The van der Waals surface area contributed by atoms with E-state index in [0.717, 1.165) is 77.6 Å². The van der Waals surface area contributed by atoms with E-state index in [2.05, 4.69) is 24.9 Å². The maximum absolute atomic E-state index is 6.36. The van der Waals surface area contributed by atoms with E-state index in [0.29, 0.717) is 11.9 Å². The summed E-state index contributed by atoms with van der Waals surface area (Å²) in [4.78, 5) is 11.6. The van der Waals surface area contributed by atoms with Gasteiger partial charge in [0, 0.05) is 37.8 Å². The Kier molecular flexibility index (Phi) is 4.96. The van der Waals surface area contributed by atoms with Crippen LogP contribution < -0.4 is 15.8 Å². The Morgan fingerprint density at radius 3 is 2.26 bits per heavy atom. The van der Waals surface area contributed by atoms with Gasteiger partial charge in [0.25, 0.3) is 0 Å². The van der Waals surface area contributed by atoms with Crippen LogP contribution in [0.15, 0.2) is 60.9 Å². The molecule has 0 spiro atoms. The third kappa shape index (κ3) is 3.64. The van der Waals surface area contributed by atoms with E-state index in [1.54, 1.807) is 6.33 Å². The number of benzene rings is 2. The molecule has 4 aromatic rings. The number of para-hydroxylation sites is 1. The lowest BCUT2D eigenvalue weighted by atomic mass is 10.0. The van der Waals surface area contributed by atoms with Crippen LogP contribution in [0, 0.1) is 11.8 Å². The van der Waals surface area contributed by atoms with Crippen molar-refractivity contribution in [3.05, 3.63) is 60.9 Å². The molecule has 1 aliphatic carbocycles. The van der Waals surface area contributed by atoms with Gasteiger partial charge in [-0.25, -0.2) is 14.6 Å². The molecule has 0 radical (unpaired) electrons. The van der Waals surface area contributed by atoms with Gasteiger partial charge in [0.05, 0.1) is 11.4 Å². The number of nitrogen functional groups attached to an aromatic ring is 1. The van der Waals surface area contributed by atoms with E-state index >= 15 is 0 Å². The van der Waals surface area contributed by atoms with E-state index in [-0.39, 0.29) is 0 Å². The molecule has 8 nitrogen and oxygen atoms in total. The standard InChI is InChI=1S/C27H29N7O/c28-26-24-25(17-6-8-23(9-7-17)35-22-4-2-1-3-5-22)32-34(27(24)31-16-30-26)20-10-18-14-33(15-19(18)11-20)21-12-29-13-21/h1-9,16,18-21,29H,10-15H2,(H2,28,30,31). The minimum Gasteiger partial charge on any atom is -0.457 e. The Balaban J connectivity index is 1.17. The molecule has 3 aliphatic rings. The van der Waals surface area contributed by atoms with Gasteiger partial charge < -0.3 is 15.8 Å². The van der Waals surface area contributed by atoms with E-state index in [4.69, 9.17) is 15.6 Å². The summed E-state index contributed by atoms with van der Waals surface area (Å²) in [6.45, 7) is 4.70. The van der Waals surface area contributed by atoms with Gasteiger partial charge in [-0.3, -0.25) is 4.90 Å². The number of hydrogen-bond donors (Lipinski definition) is 2. The molecule has 1 saturated carbocycles. The average molecular weight is 468 g/mol. The van der Waals surface area contributed by atoms with Crippen molar-refractivity contribution >= 4 is 16.9 Å². The van der Waals surface area contributed by atoms with Crippen LogP contribution >= 0.6 is 0 Å². The molecule has 0 amide bonds. The molecule has 2 aromatic heterocycles. The minimum absolute atomic E-state index is 0.345. The van der Waals surface area contributed by atoms with Gasteiger partial charge >= 0.3 is 0 Å². The van der Waals surface area contributed by atoms with Crippen molar-refractivity contribution < 1.29 is 4.74 Å². The highest BCUT2D eigenvalue weighted by Crippen LogP contribution is 2.46. The second-order valence-corrected chi connectivity index (χ2v) is 10.1. The Labute approximate surface area is 204 Å². The highest BCUT2D eigenvalue weighted by Gasteiger charge is 2.44. The summed E-state index contributed by atoms with van der Waals surface area (Å²) in [5.74, 6) is 3.53. The Morgan fingerprint density at radius 2 is 1.57 bits per heavy atom. The zero-order chi connectivity index (χ0) is 23.4. The van der Waals surface area contributed by atoms with Gasteiger partial charge in [-0.05, 0) is 61.1 Å². The maximum atomic E-state index is 6.36. The smallest absolute Gasteiger partial charge is 0.164 e. The number of aromatic nitrogens is 4. The molecule has 2 aromatic carbocycles. The number of ether oxygens (including phenoxy) is 1. The Bertz CT molecular complexity index is 1340. The lowest BCUT2D eigenvalue weighted by Gasteiger charge is -2.36. The van der Waals surface area contributed by atoms with Gasteiger partial charge in [0.2, 0.25) is 0 Å². The predicted molar refractivity (Wildman–Crippen MR) is 135 cm³/mol. The van der Waals surface area contributed by atoms with Crippen molar-refractivity contribution in [1.82, 2.24) is 30.0 Å². The minimum atomic E-state index is 0.345. The van der Waals surface area contributed by atoms with Gasteiger partial charge in [0.1, 0.15) is 29.3 Å². The molecule has 8 heteroatoms. The first-order valence-electron chi connectivity index (χ1n) is 12.5. The Hall–Kier alpha value is -3.49. The number of nitrogens with zero attached hydrogens (tertiary/aromatic N) is 5. The highest BCUT2D eigenvalue weighted by atomic mass is 16.5. The summed E-state index contributed by atoms with van der Waals surface area (Å²) < 4.78 is 8.09. The van der Waals surface area contributed by atoms with Crippen molar-refractivity contribution in [3.8, 4) is 22.8 Å². The van der Waals surface area contributed by atoms with Crippen molar-refractivity contribution in [2.75, 3.05) is 31.9 Å². The van der Waals surface area contributed by atoms with Crippen LogP contribution in [-0.2, 0) is 0 Å². The molecule has 4 heterocycles. The SMILES string of the molecule is Nc1ncnc2c1c(-c1ccc(Oc3ccccc3)cc1)nn2C1CC2CN(C3CNC3)CC2C1. The van der Waals surface area contributed by atoms with E-state index in [9.17, 15) is 0 Å². The lowest BCUT2D eigenvalue weighted by molar-refractivity contribution is 0.163. The zero-order valence-corrected chi connectivity index (χ0v) is 19.5. The van der Waals surface area contributed by atoms with E-state index in [1.165, 1.54) is 13.1 Å². The first-order valence-corrected chi connectivity index (χ1v) is 12.5. The van der Waals surface area contributed by atoms with Crippen LogP contribution in [0.2, 0.25) is 0 Å². The van der Waals surface area contributed by atoms with Crippen molar-refractivity contribution in [1.29, 1.82) is 0 Å². The quantitative estimate of drug-likeness (QED) is 0.462. The molecule has 3 fully saturated rings. The molecular formula is C27H29N7O. The maximum Gasteiger partial charge on any atom is 0.164 e. The van der Waals surface area contributed by atoms with Crippen LogP contribution in [0.25, 0.3) is 22.3 Å². The molecule has 0 bridgehead atoms. The lowest BCUT2D eigenvalue weighted by Crippen LogP contribution is -2.56. The summed E-state index contributed by atoms with van der Waals surface area (Å²) in [6, 6.07) is 18.9. The number of likely N-dealkylation sites (tertiary alicyclic amines) is 1. The van der Waals surface area contributed by atoms with Crippen molar-refractivity contribution in [2.24, 2.45) is 11.8 Å². The molecule has 2 unspecified atom stereocenters. The van der Waals surface area contributed by atoms with Crippen LogP contribution in [0.5, 0.6) is 11.5 Å². The first kappa shape index (κ1) is 20.8. The molecule has 35 heavy (non-hydrogen) atoms. The second kappa shape index (κ2) is 8.32. The number of anilines is 1. The molecule has 7 rings (SSSR count). The number of nitrogens with two attached hydrogens (primary N) is 1. The summed E-state index contributed by atoms with van der Waals surface area (Å²) >= 11 is 0. The van der Waals surface area contributed by atoms with Gasteiger partial charge in [-0.1, -0.05) is 18.2 Å². The number of rotatable bonds is 5. The highest BCUT2D eigenvalue weighted by molar-refractivity contribution is 5.98. The summed E-state index contributed by atoms with van der Waals surface area (Å²) in [6.07, 6.45) is 3.84. The summed E-state index contributed by atoms with van der Waals surface area (Å²) in [7, 11) is 0. The van der Waals surface area contributed by atoms with Crippen LogP contribution in [0.4, 0.5) is 5.82 Å². The van der Waals surface area contributed by atoms with Crippen LogP contribution in [0.1, 0.15) is 18.9 Å². The second-order valence-electron chi connectivity index (χ2n) is 10.1. The predicted octanol–water partition coefficient (Wildman–Crippen LogP) is 3.72. The fourth-order valence-corrected chi connectivity index (χ4v) is 6.09. The van der Waals surface area contributed by atoms with Crippen LogP contribution in [-0.4, -0.2) is 56.9 Å². The van der Waals surface area contributed by atoms with Crippen molar-refractivity contribution in [2.45, 2.75) is 24.9 Å². The molecule has 178 valence electrons. The van der Waals surface area contributed by atoms with E-state index in [1.807, 2.05) is 54.6 Å². The Morgan fingerprint density at radius 1 is 0.857 bits per heavy atom.